The first-order chi connectivity index (χ1) is 37.6. The van der Waals surface area contributed by atoms with Crippen LogP contribution in [0.3, 0.4) is 0 Å². The summed E-state index contributed by atoms with van der Waals surface area (Å²) in [6.07, 6.45) is 0. The number of hydrogen-bond donors (Lipinski definition) is 0. The van der Waals surface area contributed by atoms with Crippen molar-refractivity contribution in [3.05, 3.63) is 241 Å². The number of fused-ring (bicyclic) bond motifs is 19. The molecule has 2 heterocycles. The Labute approximate surface area is 448 Å². The topological polar surface area (TPSA) is 32.8 Å². The molecular formula is C73H56N2O2. The van der Waals surface area contributed by atoms with Gasteiger partial charge in [0.15, 0.2) is 11.2 Å². The van der Waals surface area contributed by atoms with Crippen LogP contribution in [0.25, 0.3) is 98.1 Å². The van der Waals surface area contributed by atoms with Crippen LogP contribution in [0.2, 0.25) is 0 Å². The van der Waals surface area contributed by atoms with Gasteiger partial charge in [-0.3, -0.25) is 0 Å². The molecule has 370 valence electrons. The minimum atomic E-state index is -0.387. The van der Waals surface area contributed by atoms with Crippen molar-refractivity contribution >= 4 is 121 Å². The molecule has 0 N–H and O–H groups in total. The van der Waals surface area contributed by atoms with Crippen LogP contribution in [0.15, 0.2) is 227 Å². The molecule has 0 atom stereocenters. The predicted octanol–water partition coefficient (Wildman–Crippen LogP) is 21.6. The zero-order chi connectivity index (χ0) is 51.8. The molecule has 1 aliphatic carbocycles. The number of hydrogen-bond acceptors (Lipinski definition) is 4. The van der Waals surface area contributed by atoms with E-state index in [0.29, 0.717) is 11.8 Å². The summed E-state index contributed by atoms with van der Waals surface area (Å²) in [6.45, 7) is 13.9. The van der Waals surface area contributed by atoms with Crippen LogP contribution in [-0.2, 0) is 5.41 Å². The fourth-order valence-electron chi connectivity index (χ4n) is 13.2. The SMILES string of the molecule is CC(C)c1ccc(N(c2ccc3c(c2)C(C)(C)c2c-3c3ccccc3c3c4ccc(N(c5ccc(C(C)C)cc5)c5cccc6c5oc5ccccc56)cc4c4ccccc4c23)c2cccc3c2oc2ccccc23)cc1. The summed E-state index contributed by atoms with van der Waals surface area (Å²) in [6, 6.07) is 80.6. The lowest BCUT2D eigenvalue weighted by atomic mass is 9.77. The Morgan fingerprint density at radius 2 is 0.779 bits per heavy atom. The second-order valence-corrected chi connectivity index (χ2v) is 22.3. The van der Waals surface area contributed by atoms with Gasteiger partial charge in [0.05, 0.1) is 11.4 Å². The maximum absolute atomic E-state index is 6.78. The number of furan rings is 2. The third-order valence-electron chi connectivity index (χ3n) is 16.9. The minimum absolute atomic E-state index is 0.387. The molecule has 0 amide bonds. The molecule has 0 spiro atoms. The molecule has 14 aromatic rings. The van der Waals surface area contributed by atoms with Crippen LogP contribution >= 0.6 is 0 Å². The van der Waals surface area contributed by atoms with E-state index in [1.807, 2.05) is 0 Å². The van der Waals surface area contributed by atoms with Crippen LogP contribution in [0, 0.1) is 0 Å². The highest BCUT2D eigenvalue weighted by Gasteiger charge is 2.40. The molecule has 0 unspecified atom stereocenters. The van der Waals surface area contributed by atoms with E-state index in [-0.39, 0.29) is 5.41 Å². The second kappa shape index (κ2) is 16.9. The molecule has 1 aliphatic rings. The summed E-state index contributed by atoms with van der Waals surface area (Å²) in [4.78, 5) is 4.80. The average Bonchev–Trinajstić information content (AvgIpc) is 4.33. The van der Waals surface area contributed by atoms with Crippen molar-refractivity contribution in [3.63, 3.8) is 0 Å². The van der Waals surface area contributed by atoms with Crippen molar-refractivity contribution in [1.29, 1.82) is 0 Å². The Kier molecular flexibility index (Phi) is 9.97. The highest BCUT2D eigenvalue weighted by atomic mass is 16.3. The quantitative estimate of drug-likeness (QED) is 0.142. The molecule has 0 fully saturated rings. The van der Waals surface area contributed by atoms with E-state index in [4.69, 9.17) is 8.83 Å². The summed E-state index contributed by atoms with van der Waals surface area (Å²) < 4.78 is 13.6. The maximum atomic E-state index is 6.78. The van der Waals surface area contributed by atoms with Crippen LogP contribution in [0.4, 0.5) is 34.1 Å². The van der Waals surface area contributed by atoms with Gasteiger partial charge >= 0.3 is 0 Å². The van der Waals surface area contributed by atoms with Crippen molar-refractivity contribution < 1.29 is 8.83 Å². The second-order valence-electron chi connectivity index (χ2n) is 22.3. The van der Waals surface area contributed by atoms with Crippen LogP contribution in [0.1, 0.15) is 75.6 Å². The number of nitrogens with zero attached hydrogens (tertiary/aromatic N) is 2. The number of rotatable bonds is 8. The van der Waals surface area contributed by atoms with Gasteiger partial charge in [0.1, 0.15) is 11.2 Å². The van der Waals surface area contributed by atoms with Gasteiger partial charge < -0.3 is 18.6 Å². The molecule has 0 saturated carbocycles. The van der Waals surface area contributed by atoms with Crippen LogP contribution in [-0.4, -0.2) is 0 Å². The van der Waals surface area contributed by atoms with E-state index in [2.05, 4.69) is 270 Å². The Morgan fingerprint density at radius 1 is 0.351 bits per heavy atom. The summed E-state index contributed by atoms with van der Waals surface area (Å²) in [5, 5.41) is 14.5. The van der Waals surface area contributed by atoms with Crippen molar-refractivity contribution in [2.24, 2.45) is 0 Å². The summed E-state index contributed by atoms with van der Waals surface area (Å²) in [7, 11) is 0. The van der Waals surface area contributed by atoms with Crippen molar-refractivity contribution in [2.45, 2.75) is 58.8 Å². The van der Waals surface area contributed by atoms with Crippen molar-refractivity contribution in [3.8, 4) is 11.1 Å². The lowest BCUT2D eigenvalue weighted by Gasteiger charge is -2.29. The number of anilines is 6. The zero-order valence-electron chi connectivity index (χ0n) is 44.2. The fourth-order valence-corrected chi connectivity index (χ4v) is 13.2. The molecule has 0 bridgehead atoms. The molecule has 4 nitrogen and oxygen atoms in total. The van der Waals surface area contributed by atoms with Crippen molar-refractivity contribution in [2.75, 3.05) is 9.80 Å². The van der Waals surface area contributed by atoms with Gasteiger partial charge in [-0.15, -0.1) is 0 Å². The molecule has 4 heteroatoms. The largest absolute Gasteiger partial charge is 0.454 e. The maximum Gasteiger partial charge on any atom is 0.159 e. The first kappa shape index (κ1) is 45.3. The van der Waals surface area contributed by atoms with E-state index in [9.17, 15) is 0 Å². The smallest absolute Gasteiger partial charge is 0.159 e. The van der Waals surface area contributed by atoms with Gasteiger partial charge in [0.2, 0.25) is 0 Å². The third kappa shape index (κ3) is 6.71. The summed E-state index contributed by atoms with van der Waals surface area (Å²) >= 11 is 0. The number of para-hydroxylation sites is 4. The molecule has 77 heavy (non-hydrogen) atoms. The third-order valence-corrected chi connectivity index (χ3v) is 16.9. The molecular weight excluding hydrogens is 937 g/mol. The van der Waals surface area contributed by atoms with Gasteiger partial charge in [-0.25, -0.2) is 0 Å². The van der Waals surface area contributed by atoms with E-state index < -0.39 is 0 Å². The van der Waals surface area contributed by atoms with E-state index in [1.165, 1.54) is 76.5 Å². The van der Waals surface area contributed by atoms with Gasteiger partial charge in [-0.1, -0.05) is 187 Å². The Balaban J connectivity index is 0.959. The Bertz CT molecular complexity index is 4730. The highest BCUT2D eigenvalue weighted by molar-refractivity contribution is 6.35. The van der Waals surface area contributed by atoms with E-state index in [1.54, 1.807) is 0 Å². The normalized spacial score (nSPS) is 13.1. The molecule has 12 aromatic carbocycles. The predicted molar refractivity (Wildman–Crippen MR) is 326 cm³/mol. The molecule has 15 rings (SSSR count). The Hall–Kier alpha value is -9.12. The molecule has 0 saturated heterocycles. The minimum Gasteiger partial charge on any atom is -0.454 e. The van der Waals surface area contributed by atoms with Crippen LogP contribution in [0.5, 0.6) is 0 Å². The molecule has 2 aromatic heterocycles. The van der Waals surface area contributed by atoms with Gasteiger partial charge in [-0.05, 0) is 161 Å². The van der Waals surface area contributed by atoms with E-state index >= 15 is 0 Å². The van der Waals surface area contributed by atoms with Gasteiger partial charge in [-0.2, -0.15) is 0 Å². The number of benzene rings is 12. The lowest BCUT2D eigenvalue weighted by Crippen LogP contribution is -2.17. The highest BCUT2D eigenvalue weighted by Crippen LogP contribution is 2.58. The lowest BCUT2D eigenvalue weighted by molar-refractivity contribution is 0.666. The van der Waals surface area contributed by atoms with Gasteiger partial charge in [0, 0.05) is 49.7 Å². The molecule has 0 aliphatic heterocycles. The molecule has 0 radical (unpaired) electrons. The van der Waals surface area contributed by atoms with E-state index in [0.717, 1.165) is 78.0 Å². The zero-order valence-corrected chi connectivity index (χ0v) is 44.2. The van der Waals surface area contributed by atoms with Gasteiger partial charge in [0.25, 0.3) is 0 Å². The van der Waals surface area contributed by atoms with Crippen LogP contribution < -0.4 is 9.80 Å². The first-order valence-electron chi connectivity index (χ1n) is 27.2. The summed E-state index contributed by atoms with van der Waals surface area (Å²) in [5.74, 6) is 0.834. The average molecular weight is 993 g/mol. The Morgan fingerprint density at radius 3 is 1.32 bits per heavy atom. The summed E-state index contributed by atoms with van der Waals surface area (Å²) in [5.41, 5.74) is 17.4. The monoisotopic (exact) mass is 992 g/mol. The van der Waals surface area contributed by atoms with Crippen molar-refractivity contribution in [1.82, 2.24) is 0 Å². The first-order valence-corrected chi connectivity index (χ1v) is 27.2. The fraction of sp³-hybridized carbons (Fsp3) is 0.123. The standard InChI is InChI=1S/C73H56N2O2/c1-43(2)45-29-33-47(34-30-45)74(63-25-15-23-58-52-18-11-13-27-65(52)76-71(58)63)49-37-39-57-61(41-49)51-17-7-8-20-54(51)69-67(57)55-21-9-10-22-56(55)68-60-40-38-50(42-62(60)73(5,6)70(68)69)75(48-35-31-46(32-36-48)44(3)4)64-26-16-24-59-53-19-12-14-28-66(53)77-72(59)64/h7-44H,1-6H3.